The molecule has 0 saturated heterocycles. The molecule has 0 spiro atoms. The molecule has 80 valence electrons. The molecular formula is C10H11FN2O2. The Morgan fingerprint density at radius 2 is 2.13 bits per heavy atom. The molecule has 1 rings (SSSR count). The van der Waals surface area contributed by atoms with Crippen molar-refractivity contribution in [3.05, 3.63) is 35.1 Å². The average molecular weight is 210 g/mol. The third kappa shape index (κ3) is 2.50. The van der Waals surface area contributed by atoms with Gasteiger partial charge in [-0.1, -0.05) is 6.07 Å². The van der Waals surface area contributed by atoms with Crippen LogP contribution in [0.25, 0.3) is 0 Å². The standard InChI is InChI=1S/C10H11FN2O2/c11-7-1-2-8(6(3-7)4-12)10(15)9(14)5-13/h1-3,9-10,14-15H,4,12H2. The molecule has 1 aromatic rings. The number of hydrogen-bond donors (Lipinski definition) is 3. The SMILES string of the molecule is N#CC(O)C(O)c1ccc(F)cc1CN. The van der Waals surface area contributed by atoms with Crippen molar-refractivity contribution in [1.29, 1.82) is 5.26 Å². The van der Waals surface area contributed by atoms with Crippen LogP contribution in [0.1, 0.15) is 17.2 Å². The van der Waals surface area contributed by atoms with Gasteiger partial charge in [-0.3, -0.25) is 0 Å². The van der Waals surface area contributed by atoms with Gasteiger partial charge in [0.25, 0.3) is 0 Å². The highest BCUT2D eigenvalue weighted by molar-refractivity contribution is 5.31. The van der Waals surface area contributed by atoms with E-state index in [1.54, 1.807) is 0 Å². The summed E-state index contributed by atoms with van der Waals surface area (Å²) in [6, 6.07) is 5.12. The van der Waals surface area contributed by atoms with Gasteiger partial charge in [-0.25, -0.2) is 4.39 Å². The molecule has 4 nitrogen and oxygen atoms in total. The Morgan fingerprint density at radius 1 is 1.47 bits per heavy atom. The first-order chi connectivity index (χ1) is 7.10. The monoisotopic (exact) mass is 210 g/mol. The minimum atomic E-state index is -1.54. The van der Waals surface area contributed by atoms with Gasteiger partial charge in [0.1, 0.15) is 11.9 Å². The first kappa shape index (κ1) is 11.6. The first-order valence-corrected chi connectivity index (χ1v) is 4.34. The van der Waals surface area contributed by atoms with E-state index in [1.807, 2.05) is 0 Å². The highest BCUT2D eigenvalue weighted by atomic mass is 19.1. The van der Waals surface area contributed by atoms with Gasteiger partial charge in [-0.05, 0) is 23.3 Å². The van der Waals surface area contributed by atoms with Gasteiger partial charge in [0, 0.05) is 6.54 Å². The molecule has 0 radical (unpaired) electrons. The van der Waals surface area contributed by atoms with Crippen molar-refractivity contribution in [3.63, 3.8) is 0 Å². The lowest BCUT2D eigenvalue weighted by molar-refractivity contribution is 0.0521. The second-order valence-electron chi connectivity index (χ2n) is 3.07. The lowest BCUT2D eigenvalue weighted by atomic mass is 9.99. The second kappa shape index (κ2) is 4.84. The summed E-state index contributed by atoms with van der Waals surface area (Å²) in [5.41, 5.74) is 6.00. The van der Waals surface area contributed by atoms with Gasteiger partial charge in [0.15, 0.2) is 6.10 Å². The summed E-state index contributed by atoms with van der Waals surface area (Å²) in [4.78, 5) is 0. The number of aliphatic hydroxyl groups is 2. The molecule has 15 heavy (non-hydrogen) atoms. The predicted octanol–water partition coefficient (Wildman–Crippen LogP) is 0.202. The van der Waals surface area contributed by atoms with Crippen LogP contribution in [-0.2, 0) is 6.54 Å². The van der Waals surface area contributed by atoms with Gasteiger partial charge in [0.2, 0.25) is 0 Å². The van der Waals surface area contributed by atoms with E-state index >= 15 is 0 Å². The second-order valence-corrected chi connectivity index (χ2v) is 3.07. The van der Waals surface area contributed by atoms with E-state index in [0.717, 1.165) is 6.07 Å². The zero-order valence-corrected chi connectivity index (χ0v) is 7.89. The van der Waals surface area contributed by atoms with E-state index in [2.05, 4.69) is 0 Å². The molecule has 0 aliphatic carbocycles. The largest absolute Gasteiger partial charge is 0.385 e. The van der Waals surface area contributed by atoms with Crippen LogP contribution in [-0.4, -0.2) is 16.3 Å². The maximum Gasteiger partial charge on any atom is 0.170 e. The molecule has 4 N–H and O–H groups in total. The first-order valence-electron chi connectivity index (χ1n) is 4.34. The van der Waals surface area contributed by atoms with Crippen molar-refractivity contribution >= 4 is 0 Å². The fourth-order valence-electron chi connectivity index (χ4n) is 1.28. The Hall–Kier alpha value is -1.48. The van der Waals surface area contributed by atoms with Crippen molar-refractivity contribution in [2.24, 2.45) is 5.73 Å². The molecule has 5 heteroatoms. The normalized spacial score (nSPS) is 14.3. The summed E-state index contributed by atoms with van der Waals surface area (Å²) in [5.74, 6) is -0.474. The quantitative estimate of drug-likeness (QED) is 0.622. The zero-order valence-electron chi connectivity index (χ0n) is 7.89. The number of rotatable bonds is 3. The summed E-state index contributed by atoms with van der Waals surface area (Å²) in [7, 11) is 0. The average Bonchev–Trinajstić information content (AvgIpc) is 2.26. The van der Waals surface area contributed by atoms with E-state index < -0.39 is 18.0 Å². The predicted molar refractivity (Wildman–Crippen MR) is 50.9 cm³/mol. The van der Waals surface area contributed by atoms with E-state index in [4.69, 9.17) is 16.1 Å². The Morgan fingerprint density at radius 3 is 2.67 bits per heavy atom. The maximum absolute atomic E-state index is 12.8. The number of hydrogen-bond acceptors (Lipinski definition) is 4. The summed E-state index contributed by atoms with van der Waals surface area (Å²) in [6.07, 6.45) is -2.91. The molecule has 0 aromatic heterocycles. The maximum atomic E-state index is 12.8. The van der Waals surface area contributed by atoms with Crippen LogP contribution in [0.5, 0.6) is 0 Å². The minimum absolute atomic E-state index is 0.0301. The van der Waals surface area contributed by atoms with Crippen LogP contribution in [0.4, 0.5) is 4.39 Å². The molecular weight excluding hydrogens is 199 g/mol. The summed E-state index contributed by atoms with van der Waals surface area (Å²) in [5, 5.41) is 27.1. The van der Waals surface area contributed by atoms with E-state index in [0.29, 0.717) is 5.56 Å². The smallest absolute Gasteiger partial charge is 0.170 e. The number of halogens is 1. The highest BCUT2D eigenvalue weighted by Gasteiger charge is 2.20. The molecule has 2 unspecified atom stereocenters. The summed E-state index contributed by atoms with van der Waals surface area (Å²) < 4.78 is 12.8. The Bertz CT molecular complexity index is 389. The van der Waals surface area contributed by atoms with E-state index in [-0.39, 0.29) is 12.1 Å². The summed E-state index contributed by atoms with van der Waals surface area (Å²) >= 11 is 0. The van der Waals surface area contributed by atoms with Crippen LogP contribution in [0, 0.1) is 17.1 Å². The number of benzene rings is 1. The third-order valence-electron chi connectivity index (χ3n) is 2.07. The molecule has 0 aliphatic heterocycles. The van der Waals surface area contributed by atoms with Crippen LogP contribution >= 0.6 is 0 Å². The lowest BCUT2D eigenvalue weighted by Crippen LogP contribution is -2.18. The zero-order chi connectivity index (χ0) is 11.4. The van der Waals surface area contributed by atoms with Crippen molar-refractivity contribution in [2.45, 2.75) is 18.8 Å². The Labute approximate surface area is 86.4 Å². The fraction of sp³-hybridized carbons (Fsp3) is 0.300. The highest BCUT2D eigenvalue weighted by Crippen LogP contribution is 2.21. The minimum Gasteiger partial charge on any atom is -0.385 e. The topological polar surface area (TPSA) is 90.3 Å². The number of aliphatic hydroxyl groups excluding tert-OH is 2. The van der Waals surface area contributed by atoms with E-state index in [1.165, 1.54) is 18.2 Å². The van der Waals surface area contributed by atoms with Gasteiger partial charge in [0.05, 0.1) is 6.07 Å². The molecule has 1 aromatic carbocycles. The third-order valence-corrected chi connectivity index (χ3v) is 2.07. The van der Waals surface area contributed by atoms with Gasteiger partial charge < -0.3 is 15.9 Å². The molecule has 0 bridgehead atoms. The van der Waals surface area contributed by atoms with Gasteiger partial charge in [-0.2, -0.15) is 5.26 Å². The van der Waals surface area contributed by atoms with Crippen LogP contribution in [0.15, 0.2) is 18.2 Å². The molecule has 0 fully saturated rings. The number of nitrogens with two attached hydrogens (primary N) is 1. The van der Waals surface area contributed by atoms with Crippen molar-refractivity contribution in [1.82, 2.24) is 0 Å². The fourth-order valence-corrected chi connectivity index (χ4v) is 1.28. The van der Waals surface area contributed by atoms with Crippen LogP contribution in [0.3, 0.4) is 0 Å². The number of nitrogens with zero attached hydrogens (tertiary/aromatic N) is 1. The van der Waals surface area contributed by atoms with Crippen molar-refractivity contribution in [2.75, 3.05) is 0 Å². The van der Waals surface area contributed by atoms with Crippen LogP contribution < -0.4 is 5.73 Å². The Balaban J connectivity index is 3.09. The van der Waals surface area contributed by atoms with Crippen molar-refractivity contribution < 1.29 is 14.6 Å². The van der Waals surface area contributed by atoms with Gasteiger partial charge >= 0.3 is 0 Å². The molecule has 0 amide bonds. The molecule has 0 aliphatic rings. The van der Waals surface area contributed by atoms with E-state index in [9.17, 15) is 9.50 Å². The Kier molecular flexibility index (Phi) is 3.74. The summed E-state index contributed by atoms with van der Waals surface area (Å²) in [6.45, 7) is 0.0301. The van der Waals surface area contributed by atoms with Crippen LogP contribution in [0.2, 0.25) is 0 Å². The number of nitriles is 1. The molecule has 0 saturated carbocycles. The van der Waals surface area contributed by atoms with Crippen molar-refractivity contribution in [3.8, 4) is 6.07 Å². The molecule has 0 heterocycles. The molecule has 2 atom stereocenters. The van der Waals surface area contributed by atoms with Gasteiger partial charge in [-0.15, -0.1) is 0 Å². The lowest BCUT2D eigenvalue weighted by Gasteiger charge is -2.15.